The highest BCUT2D eigenvalue weighted by Crippen LogP contribution is 2.25. The van der Waals surface area contributed by atoms with Crippen LogP contribution in [-0.4, -0.2) is 22.4 Å². The van der Waals surface area contributed by atoms with Gasteiger partial charge in [0.25, 0.3) is 0 Å². The van der Waals surface area contributed by atoms with Crippen molar-refractivity contribution in [3.05, 3.63) is 108 Å². The Morgan fingerprint density at radius 1 is 0.931 bits per heavy atom. The molecule has 4 rings (SSSR count). The van der Waals surface area contributed by atoms with Crippen molar-refractivity contribution in [2.45, 2.75) is 0 Å². The monoisotopic (exact) mass is 396 g/mol. The number of aromatic nitrogens is 2. The number of rotatable bonds is 6. The third kappa shape index (κ3) is 4.47. The highest BCUT2D eigenvalue weighted by atomic mass is 32.1. The lowest BCUT2D eigenvalue weighted by molar-refractivity contribution is 0.840. The van der Waals surface area contributed by atoms with Gasteiger partial charge in [0.05, 0.1) is 18.5 Å². The molecule has 0 atom stereocenters. The van der Waals surface area contributed by atoms with Gasteiger partial charge >= 0.3 is 0 Å². The van der Waals surface area contributed by atoms with Crippen molar-refractivity contribution in [2.75, 3.05) is 6.54 Å². The van der Waals surface area contributed by atoms with Crippen LogP contribution < -0.4 is 4.80 Å². The van der Waals surface area contributed by atoms with E-state index in [4.69, 9.17) is 0 Å². The quantitative estimate of drug-likeness (QED) is 0.324. The smallest absolute Gasteiger partial charge is 0.206 e. The van der Waals surface area contributed by atoms with Crippen LogP contribution in [0.1, 0.15) is 5.56 Å². The van der Waals surface area contributed by atoms with Gasteiger partial charge in [-0.1, -0.05) is 66.7 Å². The van der Waals surface area contributed by atoms with Crippen molar-refractivity contribution in [3.8, 4) is 22.4 Å². The minimum absolute atomic E-state index is 0.551. The zero-order valence-corrected chi connectivity index (χ0v) is 16.7. The highest BCUT2D eigenvalue weighted by molar-refractivity contribution is 7.07. The summed E-state index contributed by atoms with van der Waals surface area (Å²) in [5.74, 6) is 0. The Morgan fingerprint density at radius 3 is 2.41 bits per heavy atom. The molecule has 0 spiro atoms. The Hall–Kier alpha value is -3.57. The molecule has 0 amide bonds. The summed E-state index contributed by atoms with van der Waals surface area (Å²) in [5, 5.41) is 6.76. The Kier molecular flexibility index (Phi) is 5.88. The van der Waals surface area contributed by atoms with Gasteiger partial charge in [-0.25, -0.2) is 4.68 Å². The molecule has 2 aromatic carbocycles. The lowest BCUT2D eigenvalue weighted by Gasteiger charge is -2.06. The van der Waals surface area contributed by atoms with Gasteiger partial charge in [-0.2, -0.15) is 5.10 Å². The van der Waals surface area contributed by atoms with E-state index in [1.165, 1.54) is 11.1 Å². The van der Waals surface area contributed by atoms with Crippen LogP contribution in [0.4, 0.5) is 0 Å². The molecule has 0 bridgehead atoms. The zero-order chi connectivity index (χ0) is 19.9. The molecule has 0 fully saturated rings. The standard InChI is InChI=1S/C24H20N4S/c1-2-14-26-24-28(27-17-19-7-6-15-25-16-19)23(18-29-24)22-12-10-21(11-13-22)20-8-4-3-5-9-20/h2-13,15-18H,1,14H2. The van der Waals surface area contributed by atoms with Crippen LogP contribution in [0.15, 0.2) is 107 Å². The van der Waals surface area contributed by atoms with E-state index in [1.54, 1.807) is 36.0 Å². The Morgan fingerprint density at radius 2 is 1.69 bits per heavy atom. The van der Waals surface area contributed by atoms with E-state index in [-0.39, 0.29) is 0 Å². The molecule has 0 saturated heterocycles. The van der Waals surface area contributed by atoms with Crippen molar-refractivity contribution in [1.82, 2.24) is 9.66 Å². The first-order valence-corrected chi connectivity index (χ1v) is 10.2. The average Bonchev–Trinajstić information content (AvgIpc) is 3.20. The van der Waals surface area contributed by atoms with E-state index in [9.17, 15) is 0 Å². The van der Waals surface area contributed by atoms with Crippen molar-refractivity contribution in [3.63, 3.8) is 0 Å². The number of thiazole rings is 1. The first-order chi connectivity index (χ1) is 14.3. The van der Waals surface area contributed by atoms with Gasteiger partial charge in [-0.05, 0) is 17.2 Å². The van der Waals surface area contributed by atoms with E-state index < -0.39 is 0 Å². The number of nitrogens with zero attached hydrogens (tertiary/aromatic N) is 4. The summed E-state index contributed by atoms with van der Waals surface area (Å²) in [6.45, 7) is 4.31. The molecule has 0 unspecified atom stereocenters. The maximum absolute atomic E-state index is 4.68. The number of benzene rings is 2. The molecular weight excluding hydrogens is 376 g/mol. The van der Waals surface area contributed by atoms with Crippen LogP contribution in [0.3, 0.4) is 0 Å². The lowest BCUT2D eigenvalue weighted by Crippen LogP contribution is -2.12. The van der Waals surface area contributed by atoms with Crippen LogP contribution in [-0.2, 0) is 0 Å². The Labute approximate surface area is 173 Å². The molecule has 0 aliphatic heterocycles. The molecule has 2 aromatic heterocycles. The van der Waals surface area contributed by atoms with Crippen molar-refractivity contribution < 1.29 is 0 Å². The van der Waals surface area contributed by atoms with E-state index in [1.807, 2.05) is 22.9 Å². The minimum Gasteiger partial charge on any atom is -0.264 e. The maximum Gasteiger partial charge on any atom is 0.206 e. The maximum atomic E-state index is 4.68. The fourth-order valence-corrected chi connectivity index (χ4v) is 3.75. The summed E-state index contributed by atoms with van der Waals surface area (Å²) < 4.78 is 1.87. The number of hydrogen-bond acceptors (Lipinski definition) is 4. The van der Waals surface area contributed by atoms with Gasteiger partial charge in [0, 0.05) is 28.9 Å². The minimum atomic E-state index is 0.551. The predicted molar refractivity (Wildman–Crippen MR) is 121 cm³/mol. The number of hydrogen-bond donors (Lipinski definition) is 0. The molecule has 0 saturated carbocycles. The molecule has 4 nitrogen and oxygen atoms in total. The summed E-state index contributed by atoms with van der Waals surface area (Å²) in [4.78, 5) is 9.55. The van der Waals surface area contributed by atoms with Crippen LogP contribution in [0.25, 0.3) is 22.4 Å². The van der Waals surface area contributed by atoms with Gasteiger partial charge in [0.2, 0.25) is 4.80 Å². The zero-order valence-electron chi connectivity index (χ0n) is 15.8. The first-order valence-electron chi connectivity index (χ1n) is 9.27. The number of pyridine rings is 1. The predicted octanol–water partition coefficient (Wildman–Crippen LogP) is 5.25. The van der Waals surface area contributed by atoms with Crippen molar-refractivity contribution >= 4 is 17.6 Å². The molecule has 0 aliphatic rings. The highest BCUT2D eigenvalue weighted by Gasteiger charge is 2.08. The van der Waals surface area contributed by atoms with E-state index in [2.05, 4.69) is 75.6 Å². The molecule has 0 radical (unpaired) electrons. The van der Waals surface area contributed by atoms with Gasteiger partial charge in [0.1, 0.15) is 0 Å². The second-order valence-corrected chi connectivity index (χ2v) is 7.16. The van der Waals surface area contributed by atoms with E-state index in [0.717, 1.165) is 21.6 Å². The first kappa shape index (κ1) is 18.8. The van der Waals surface area contributed by atoms with Gasteiger partial charge in [-0.15, -0.1) is 17.9 Å². The average molecular weight is 397 g/mol. The van der Waals surface area contributed by atoms with Crippen LogP contribution in [0.5, 0.6) is 0 Å². The molecule has 142 valence electrons. The molecule has 5 heteroatoms. The summed E-state index contributed by atoms with van der Waals surface area (Å²) in [7, 11) is 0. The Balaban J connectivity index is 1.72. The molecule has 0 N–H and O–H groups in total. The largest absolute Gasteiger partial charge is 0.264 e. The van der Waals surface area contributed by atoms with Gasteiger partial charge < -0.3 is 0 Å². The van der Waals surface area contributed by atoms with Crippen LogP contribution in [0, 0.1) is 0 Å². The molecule has 4 aromatic rings. The Bertz CT molecular complexity index is 1170. The SMILES string of the molecule is C=CCN=c1scc(-c2ccc(-c3ccccc3)cc2)n1N=Cc1cccnc1. The second kappa shape index (κ2) is 9.08. The lowest BCUT2D eigenvalue weighted by atomic mass is 10.0. The van der Waals surface area contributed by atoms with Crippen LogP contribution >= 0.6 is 11.3 Å². The van der Waals surface area contributed by atoms with Crippen molar-refractivity contribution in [2.24, 2.45) is 10.1 Å². The van der Waals surface area contributed by atoms with Crippen LogP contribution in [0.2, 0.25) is 0 Å². The third-order valence-corrected chi connectivity index (χ3v) is 5.19. The summed E-state index contributed by atoms with van der Waals surface area (Å²) in [6, 6.07) is 22.7. The van der Waals surface area contributed by atoms with E-state index >= 15 is 0 Å². The molecule has 29 heavy (non-hydrogen) atoms. The third-order valence-electron chi connectivity index (χ3n) is 4.34. The summed E-state index contributed by atoms with van der Waals surface area (Å²) in [6.07, 6.45) is 7.11. The molecule has 2 heterocycles. The topological polar surface area (TPSA) is 42.5 Å². The normalized spacial score (nSPS) is 11.8. The van der Waals surface area contributed by atoms with Crippen molar-refractivity contribution in [1.29, 1.82) is 0 Å². The second-order valence-electron chi connectivity index (χ2n) is 6.32. The van der Waals surface area contributed by atoms with Gasteiger partial charge in [-0.3, -0.25) is 9.98 Å². The summed E-state index contributed by atoms with van der Waals surface area (Å²) >= 11 is 1.57. The molecular formula is C24H20N4S. The fourth-order valence-electron chi connectivity index (χ4n) is 2.90. The van der Waals surface area contributed by atoms with Gasteiger partial charge in [0.15, 0.2) is 0 Å². The fraction of sp³-hybridized carbons (Fsp3) is 0.0417. The molecule has 0 aliphatic carbocycles. The summed E-state index contributed by atoms with van der Waals surface area (Å²) in [5.41, 5.74) is 5.41. The van der Waals surface area contributed by atoms with E-state index in [0.29, 0.717) is 6.54 Å².